The van der Waals surface area contributed by atoms with Crippen molar-refractivity contribution in [1.82, 2.24) is 0 Å². The van der Waals surface area contributed by atoms with Crippen molar-refractivity contribution < 1.29 is 14.3 Å². The zero-order valence-corrected chi connectivity index (χ0v) is 7.58. The van der Waals surface area contributed by atoms with E-state index in [-0.39, 0.29) is 11.8 Å². The summed E-state index contributed by atoms with van der Waals surface area (Å²) in [6.45, 7) is 0. The minimum Gasteiger partial charge on any atom is -0.466 e. The first-order valence-electron chi connectivity index (χ1n) is 4.22. The molecule has 0 saturated heterocycles. The van der Waals surface area contributed by atoms with E-state index in [2.05, 4.69) is 4.74 Å². The van der Waals surface area contributed by atoms with Gasteiger partial charge in [0.25, 0.3) is 0 Å². The van der Waals surface area contributed by atoms with Crippen LogP contribution in [-0.4, -0.2) is 18.9 Å². The fourth-order valence-corrected chi connectivity index (χ4v) is 1.19. The van der Waals surface area contributed by atoms with Gasteiger partial charge in [-0.2, -0.15) is 0 Å². The molecule has 0 heterocycles. The van der Waals surface area contributed by atoms with Crippen LogP contribution in [0.4, 0.5) is 0 Å². The molecule has 3 heteroatoms. The highest BCUT2D eigenvalue weighted by Gasteiger charge is 2.07. The Morgan fingerprint density at radius 1 is 1.54 bits per heavy atom. The summed E-state index contributed by atoms with van der Waals surface area (Å²) in [5.74, 6) is -0.255. The summed E-state index contributed by atoms with van der Waals surface area (Å²) in [6, 6.07) is 0. The van der Waals surface area contributed by atoms with Gasteiger partial charge in [0, 0.05) is 12.5 Å². The third-order valence-corrected chi connectivity index (χ3v) is 1.87. The Bertz CT molecular complexity index is 274. The largest absolute Gasteiger partial charge is 0.466 e. The van der Waals surface area contributed by atoms with Crippen LogP contribution in [-0.2, 0) is 14.3 Å². The molecule has 0 atom stereocenters. The second-order valence-electron chi connectivity index (χ2n) is 2.90. The van der Waals surface area contributed by atoms with Crippen LogP contribution in [0.5, 0.6) is 0 Å². The second-order valence-corrected chi connectivity index (χ2v) is 2.90. The van der Waals surface area contributed by atoms with Gasteiger partial charge in [0.15, 0.2) is 5.78 Å². The Hall–Kier alpha value is -1.38. The van der Waals surface area contributed by atoms with E-state index in [1.54, 1.807) is 12.2 Å². The van der Waals surface area contributed by atoms with Crippen molar-refractivity contribution in [3.63, 3.8) is 0 Å². The molecule has 1 rings (SSSR count). The molecule has 0 aromatic carbocycles. The lowest BCUT2D eigenvalue weighted by Crippen LogP contribution is -2.01. The summed E-state index contributed by atoms with van der Waals surface area (Å²) < 4.78 is 4.43. The van der Waals surface area contributed by atoms with E-state index in [0.29, 0.717) is 6.42 Å². The topological polar surface area (TPSA) is 43.4 Å². The predicted octanol–water partition coefficient (Wildman–Crippen LogP) is 1.39. The molecular weight excluding hydrogens is 168 g/mol. The van der Waals surface area contributed by atoms with Gasteiger partial charge in [0.2, 0.25) is 0 Å². The average molecular weight is 180 g/mol. The van der Waals surface area contributed by atoms with Crippen LogP contribution in [0, 0.1) is 0 Å². The second kappa shape index (κ2) is 4.60. The molecular formula is C10H12O3. The number of ether oxygens (including phenoxy) is 1. The summed E-state index contributed by atoms with van der Waals surface area (Å²) in [4.78, 5) is 21.7. The van der Waals surface area contributed by atoms with E-state index in [4.69, 9.17) is 0 Å². The zero-order valence-electron chi connectivity index (χ0n) is 7.58. The molecule has 1 aliphatic carbocycles. The normalized spacial score (nSPS) is 17.3. The van der Waals surface area contributed by atoms with Gasteiger partial charge in [0.05, 0.1) is 7.11 Å². The van der Waals surface area contributed by atoms with Gasteiger partial charge in [-0.3, -0.25) is 4.79 Å². The molecule has 0 unspecified atom stereocenters. The molecule has 0 radical (unpaired) electrons. The van der Waals surface area contributed by atoms with Gasteiger partial charge in [-0.15, -0.1) is 0 Å². The number of hydrogen-bond donors (Lipinski definition) is 0. The number of rotatable bonds is 2. The van der Waals surface area contributed by atoms with Crippen molar-refractivity contribution in [2.75, 3.05) is 7.11 Å². The van der Waals surface area contributed by atoms with Gasteiger partial charge in [0.1, 0.15) is 0 Å². The van der Waals surface area contributed by atoms with Gasteiger partial charge >= 0.3 is 5.97 Å². The third-order valence-electron chi connectivity index (χ3n) is 1.87. The first-order chi connectivity index (χ1) is 6.22. The number of carbonyl (C=O) groups is 2. The maximum Gasteiger partial charge on any atom is 0.330 e. The van der Waals surface area contributed by atoms with Crippen LogP contribution in [0.15, 0.2) is 23.8 Å². The molecule has 0 aliphatic heterocycles. The van der Waals surface area contributed by atoms with Crippen LogP contribution in [0.1, 0.15) is 19.3 Å². The minimum absolute atomic E-state index is 0.135. The van der Waals surface area contributed by atoms with Crippen LogP contribution < -0.4 is 0 Å². The van der Waals surface area contributed by atoms with E-state index < -0.39 is 0 Å². The first kappa shape index (κ1) is 9.71. The summed E-state index contributed by atoms with van der Waals surface area (Å²) in [6.07, 6.45) is 6.92. The molecule has 0 aromatic heterocycles. The minimum atomic E-state index is -0.390. The zero-order chi connectivity index (χ0) is 9.68. The lowest BCUT2D eigenvalue weighted by Gasteiger charge is -2.06. The molecule has 3 nitrogen and oxygen atoms in total. The predicted molar refractivity (Wildman–Crippen MR) is 48.1 cm³/mol. The van der Waals surface area contributed by atoms with Crippen molar-refractivity contribution in [3.8, 4) is 0 Å². The summed E-state index contributed by atoms with van der Waals surface area (Å²) in [5, 5.41) is 0. The number of allylic oxidation sites excluding steroid dienone is 3. The molecule has 1 aliphatic rings. The highest BCUT2D eigenvalue weighted by molar-refractivity contribution is 5.92. The number of methoxy groups -OCH3 is 1. The SMILES string of the molecule is COC(=O)C=CC1=CC(=O)CCC1. The fraction of sp³-hybridized carbons (Fsp3) is 0.400. The smallest absolute Gasteiger partial charge is 0.330 e. The Kier molecular flexibility index (Phi) is 3.43. The van der Waals surface area contributed by atoms with Crippen LogP contribution in [0.3, 0.4) is 0 Å². The van der Waals surface area contributed by atoms with E-state index in [1.165, 1.54) is 13.2 Å². The number of hydrogen-bond acceptors (Lipinski definition) is 3. The molecule has 0 aromatic rings. The number of carbonyl (C=O) groups excluding carboxylic acids is 2. The van der Waals surface area contributed by atoms with E-state index >= 15 is 0 Å². The molecule has 0 spiro atoms. The average Bonchev–Trinajstić information content (AvgIpc) is 2.14. The Balaban J connectivity index is 2.58. The van der Waals surface area contributed by atoms with Crippen LogP contribution in [0.25, 0.3) is 0 Å². The maximum atomic E-state index is 11.0. The molecule has 13 heavy (non-hydrogen) atoms. The highest BCUT2D eigenvalue weighted by atomic mass is 16.5. The third kappa shape index (κ3) is 3.23. The fourth-order valence-electron chi connectivity index (χ4n) is 1.19. The molecule has 0 fully saturated rings. The standard InChI is InChI=1S/C10H12O3/c1-13-10(12)6-5-8-3-2-4-9(11)7-8/h5-7H,2-4H2,1H3. The highest BCUT2D eigenvalue weighted by Crippen LogP contribution is 2.15. The van der Waals surface area contributed by atoms with E-state index in [9.17, 15) is 9.59 Å². The Morgan fingerprint density at radius 3 is 2.92 bits per heavy atom. The van der Waals surface area contributed by atoms with Crippen molar-refractivity contribution >= 4 is 11.8 Å². The molecule has 0 saturated carbocycles. The summed E-state index contributed by atoms with van der Waals surface area (Å²) in [7, 11) is 1.33. The van der Waals surface area contributed by atoms with Crippen molar-refractivity contribution in [3.05, 3.63) is 23.8 Å². The quantitative estimate of drug-likeness (QED) is 0.476. The van der Waals surface area contributed by atoms with Gasteiger partial charge in [-0.05, 0) is 24.5 Å². The van der Waals surface area contributed by atoms with Gasteiger partial charge in [-0.1, -0.05) is 6.08 Å². The lowest BCUT2D eigenvalue weighted by atomic mass is 9.98. The molecule has 0 N–H and O–H groups in total. The van der Waals surface area contributed by atoms with Crippen LogP contribution >= 0.6 is 0 Å². The van der Waals surface area contributed by atoms with Crippen molar-refractivity contribution in [2.45, 2.75) is 19.3 Å². The van der Waals surface area contributed by atoms with Crippen molar-refractivity contribution in [2.24, 2.45) is 0 Å². The van der Waals surface area contributed by atoms with E-state index in [1.807, 2.05) is 0 Å². The van der Waals surface area contributed by atoms with Crippen molar-refractivity contribution in [1.29, 1.82) is 0 Å². The molecule has 70 valence electrons. The summed E-state index contributed by atoms with van der Waals surface area (Å²) >= 11 is 0. The maximum absolute atomic E-state index is 11.0. The lowest BCUT2D eigenvalue weighted by molar-refractivity contribution is -0.134. The number of ketones is 1. The Morgan fingerprint density at radius 2 is 2.31 bits per heavy atom. The Labute approximate surface area is 77.1 Å². The monoisotopic (exact) mass is 180 g/mol. The van der Waals surface area contributed by atoms with Gasteiger partial charge < -0.3 is 4.74 Å². The number of esters is 1. The first-order valence-corrected chi connectivity index (χ1v) is 4.22. The summed E-state index contributed by atoms with van der Waals surface area (Å²) in [5.41, 5.74) is 0.904. The van der Waals surface area contributed by atoms with E-state index in [0.717, 1.165) is 18.4 Å². The molecule has 0 bridgehead atoms. The van der Waals surface area contributed by atoms with Gasteiger partial charge in [-0.25, -0.2) is 4.79 Å². The van der Waals surface area contributed by atoms with Crippen LogP contribution in [0.2, 0.25) is 0 Å². The molecule has 0 amide bonds.